The molecule has 0 saturated heterocycles. The summed E-state index contributed by atoms with van der Waals surface area (Å²) >= 11 is 0. The average Bonchev–Trinajstić information content (AvgIpc) is 2.80. The van der Waals surface area contributed by atoms with Gasteiger partial charge >= 0.3 is 0 Å². The van der Waals surface area contributed by atoms with E-state index >= 15 is 0 Å². The normalized spacial score (nSPS) is 15.7. The Balaban J connectivity index is 2.29. The zero-order valence-electron chi connectivity index (χ0n) is 13.3. The van der Waals surface area contributed by atoms with Crippen molar-refractivity contribution in [3.63, 3.8) is 0 Å². The molecule has 0 saturated carbocycles. The molecule has 1 heterocycles. The zero-order chi connectivity index (χ0) is 16.9. The third-order valence-corrected chi connectivity index (χ3v) is 6.52. The summed E-state index contributed by atoms with van der Waals surface area (Å²) in [5.74, 6) is -0.121. The summed E-state index contributed by atoms with van der Waals surface area (Å²) in [6.07, 6.45) is 0. The molecule has 0 fully saturated rings. The number of carbonyl (C=O) groups excluding carboxylic acids is 1. The van der Waals surface area contributed by atoms with Gasteiger partial charge in [0, 0.05) is 43.0 Å². The summed E-state index contributed by atoms with van der Waals surface area (Å²) in [5, 5.41) is 1.25. The minimum Gasteiger partial charge on any atom is -0.329 e. The maximum Gasteiger partial charge on any atom is 0.258 e. The van der Waals surface area contributed by atoms with Gasteiger partial charge in [-0.2, -0.15) is 4.31 Å². The summed E-state index contributed by atoms with van der Waals surface area (Å²) in [5.41, 5.74) is 6.86. The van der Waals surface area contributed by atoms with E-state index in [1.807, 2.05) is 0 Å². The molecule has 1 atom stereocenters. The van der Waals surface area contributed by atoms with E-state index in [9.17, 15) is 13.2 Å². The summed E-state index contributed by atoms with van der Waals surface area (Å²) in [6.45, 7) is 1.99. The Morgan fingerprint density at radius 3 is 2.61 bits per heavy atom. The van der Waals surface area contributed by atoms with Gasteiger partial charge in [-0.05, 0) is 25.1 Å². The number of carbonyl (C=O) groups is 1. The molecule has 0 radical (unpaired) electrons. The lowest BCUT2D eigenvalue weighted by Gasteiger charge is -2.24. The first-order chi connectivity index (χ1) is 10.8. The molecule has 7 heteroatoms. The van der Waals surface area contributed by atoms with E-state index in [1.54, 1.807) is 49.2 Å². The molecule has 2 aromatic carbocycles. The van der Waals surface area contributed by atoms with Crippen molar-refractivity contribution < 1.29 is 13.2 Å². The highest BCUT2D eigenvalue weighted by atomic mass is 32.2. The lowest BCUT2D eigenvalue weighted by molar-refractivity contribution is 0.0999. The minimum atomic E-state index is -3.69. The highest BCUT2D eigenvalue weighted by molar-refractivity contribution is 7.89. The van der Waals surface area contributed by atoms with Crippen molar-refractivity contribution in [3.05, 3.63) is 35.9 Å². The van der Waals surface area contributed by atoms with E-state index in [4.69, 9.17) is 5.73 Å². The van der Waals surface area contributed by atoms with E-state index in [0.717, 1.165) is 5.69 Å². The van der Waals surface area contributed by atoms with Crippen molar-refractivity contribution in [3.8, 4) is 0 Å². The predicted octanol–water partition coefficient (Wildman–Crippen LogP) is 1.40. The molecule has 122 valence electrons. The van der Waals surface area contributed by atoms with Gasteiger partial charge in [-0.25, -0.2) is 8.42 Å². The molecular formula is C16H19N3O3S. The summed E-state index contributed by atoms with van der Waals surface area (Å²) in [7, 11) is -0.485. The van der Waals surface area contributed by atoms with Gasteiger partial charge in [0.05, 0.1) is 10.6 Å². The smallest absolute Gasteiger partial charge is 0.258 e. The van der Waals surface area contributed by atoms with Crippen LogP contribution in [0.5, 0.6) is 0 Å². The Morgan fingerprint density at radius 2 is 1.96 bits per heavy atom. The molecule has 6 nitrogen and oxygen atoms in total. The number of anilines is 1. The van der Waals surface area contributed by atoms with Gasteiger partial charge in [0.1, 0.15) is 0 Å². The second-order valence-electron chi connectivity index (χ2n) is 5.78. The van der Waals surface area contributed by atoms with E-state index in [-0.39, 0.29) is 23.4 Å². The monoisotopic (exact) mass is 333 g/mol. The SMILES string of the molecule is CC(CN)N(C)S(=O)(=O)c1ccc2c3c(cccc13)C(=O)N2C. The van der Waals surface area contributed by atoms with Crippen LogP contribution in [0.25, 0.3) is 10.8 Å². The van der Waals surface area contributed by atoms with Gasteiger partial charge in [-0.3, -0.25) is 4.79 Å². The van der Waals surface area contributed by atoms with Crippen LogP contribution in [0.2, 0.25) is 0 Å². The summed E-state index contributed by atoms with van der Waals surface area (Å²) in [4.78, 5) is 14.0. The number of nitrogens with two attached hydrogens (primary N) is 1. The van der Waals surface area contributed by atoms with E-state index in [0.29, 0.717) is 16.3 Å². The topological polar surface area (TPSA) is 83.7 Å². The number of sulfonamides is 1. The molecule has 3 rings (SSSR count). The largest absolute Gasteiger partial charge is 0.329 e. The molecule has 0 spiro atoms. The molecule has 1 unspecified atom stereocenters. The van der Waals surface area contributed by atoms with E-state index < -0.39 is 10.0 Å². The second-order valence-corrected chi connectivity index (χ2v) is 7.75. The lowest BCUT2D eigenvalue weighted by Crippen LogP contribution is -2.39. The Kier molecular flexibility index (Phi) is 3.66. The fraction of sp³-hybridized carbons (Fsp3) is 0.312. The lowest BCUT2D eigenvalue weighted by atomic mass is 10.1. The fourth-order valence-electron chi connectivity index (χ4n) is 2.87. The molecule has 1 aliphatic rings. The number of nitrogens with zero attached hydrogens (tertiary/aromatic N) is 2. The maximum atomic E-state index is 12.9. The molecule has 0 aromatic heterocycles. The van der Waals surface area contributed by atoms with Gasteiger partial charge in [-0.1, -0.05) is 12.1 Å². The van der Waals surface area contributed by atoms with Gasteiger partial charge in [0.25, 0.3) is 5.91 Å². The quantitative estimate of drug-likeness (QED) is 0.916. The predicted molar refractivity (Wildman–Crippen MR) is 90.1 cm³/mol. The number of rotatable bonds is 4. The Bertz CT molecular complexity index is 908. The zero-order valence-corrected chi connectivity index (χ0v) is 14.1. The Morgan fingerprint density at radius 1 is 1.26 bits per heavy atom. The van der Waals surface area contributed by atoms with Crippen molar-refractivity contribution in [2.75, 3.05) is 25.5 Å². The first-order valence-corrected chi connectivity index (χ1v) is 8.76. The molecule has 0 bridgehead atoms. The fourth-order valence-corrected chi connectivity index (χ4v) is 4.43. The van der Waals surface area contributed by atoms with Gasteiger partial charge in [0.2, 0.25) is 10.0 Å². The Labute approximate surface area is 135 Å². The van der Waals surface area contributed by atoms with Crippen LogP contribution in [-0.4, -0.2) is 45.3 Å². The van der Waals surface area contributed by atoms with E-state index in [2.05, 4.69) is 0 Å². The summed E-state index contributed by atoms with van der Waals surface area (Å²) in [6, 6.07) is 8.11. The number of likely N-dealkylation sites (N-methyl/N-ethyl adjacent to an activating group) is 1. The highest BCUT2D eigenvalue weighted by Crippen LogP contribution is 2.39. The summed E-state index contributed by atoms with van der Waals surface area (Å²) < 4.78 is 27.1. The number of hydrogen-bond donors (Lipinski definition) is 1. The van der Waals surface area contributed by atoms with Crippen LogP contribution in [0.3, 0.4) is 0 Å². The molecule has 1 amide bonds. The molecule has 2 N–H and O–H groups in total. The van der Waals surface area contributed by atoms with Gasteiger partial charge in [0.15, 0.2) is 0 Å². The van der Waals surface area contributed by atoms with Crippen molar-refractivity contribution >= 4 is 32.4 Å². The third kappa shape index (κ3) is 2.15. The highest BCUT2D eigenvalue weighted by Gasteiger charge is 2.32. The second kappa shape index (κ2) is 5.30. The van der Waals surface area contributed by atoms with Crippen LogP contribution >= 0.6 is 0 Å². The van der Waals surface area contributed by atoms with Crippen molar-refractivity contribution in [2.45, 2.75) is 17.9 Å². The van der Waals surface area contributed by atoms with Crippen molar-refractivity contribution in [1.82, 2.24) is 4.31 Å². The molecule has 0 aliphatic carbocycles. The molecule has 1 aliphatic heterocycles. The van der Waals surface area contributed by atoms with Crippen LogP contribution in [0.4, 0.5) is 5.69 Å². The maximum absolute atomic E-state index is 12.9. The number of benzene rings is 2. The average molecular weight is 333 g/mol. The van der Waals surface area contributed by atoms with Crippen molar-refractivity contribution in [2.24, 2.45) is 5.73 Å². The van der Waals surface area contributed by atoms with Crippen LogP contribution < -0.4 is 10.6 Å². The first kappa shape index (κ1) is 15.9. The number of hydrogen-bond acceptors (Lipinski definition) is 4. The molecule has 23 heavy (non-hydrogen) atoms. The van der Waals surface area contributed by atoms with Gasteiger partial charge < -0.3 is 10.6 Å². The van der Waals surface area contributed by atoms with Gasteiger partial charge in [-0.15, -0.1) is 0 Å². The Hall–Kier alpha value is -1.96. The number of amides is 1. The van der Waals surface area contributed by atoms with Crippen molar-refractivity contribution in [1.29, 1.82) is 0 Å². The van der Waals surface area contributed by atoms with Crippen LogP contribution in [0.15, 0.2) is 35.2 Å². The van der Waals surface area contributed by atoms with E-state index in [1.165, 1.54) is 11.4 Å². The molecule has 2 aromatic rings. The third-order valence-electron chi connectivity index (χ3n) is 4.49. The van der Waals surface area contributed by atoms with Crippen LogP contribution in [0, 0.1) is 0 Å². The minimum absolute atomic E-state index is 0.121. The standard InChI is InChI=1S/C16H19N3O3S/c1-10(9-17)19(3)23(21,22)14-8-7-13-15-11(14)5-4-6-12(15)16(20)18(13)2/h4-8,10H,9,17H2,1-3H3. The van der Waals surface area contributed by atoms with Crippen LogP contribution in [-0.2, 0) is 10.0 Å². The first-order valence-electron chi connectivity index (χ1n) is 7.32. The van der Waals surface area contributed by atoms with Crippen LogP contribution in [0.1, 0.15) is 17.3 Å². The molecular weight excluding hydrogens is 314 g/mol.